The lowest BCUT2D eigenvalue weighted by Crippen LogP contribution is -2.33. The Kier molecular flexibility index (Phi) is 3.31. The Morgan fingerprint density at radius 2 is 1.72 bits per heavy atom. The summed E-state index contributed by atoms with van der Waals surface area (Å²) in [5.74, 6) is -3.34. The minimum absolute atomic E-state index is 0.0537. The second-order valence-corrected chi connectivity index (χ2v) is 4.19. The van der Waals surface area contributed by atoms with Crippen molar-refractivity contribution in [3.8, 4) is 0 Å². The van der Waals surface area contributed by atoms with Crippen molar-refractivity contribution in [2.75, 3.05) is 6.61 Å². The smallest absolute Gasteiger partial charge is 0.337 e. The van der Waals surface area contributed by atoms with Crippen molar-refractivity contribution in [1.82, 2.24) is 5.06 Å². The first-order valence-electron chi connectivity index (χ1n) is 5.78. The highest BCUT2D eigenvalue weighted by atomic mass is 16.7. The topological polar surface area (TPSA) is 90.0 Å². The summed E-state index contributed by atoms with van der Waals surface area (Å²) in [7, 11) is 0. The van der Waals surface area contributed by atoms with E-state index in [1.165, 1.54) is 0 Å². The van der Waals surface area contributed by atoms with Crippen LogP contribution in [0.3, 0.4) is 0 Å². The molecule has 2 rings (SSSR count). The van der Waals surface area contributed by atoms with Crippen molar-refractivity contribution >= 4 is 23.8 Å². The summed E-state index contributed by atoms with van der Waals surface area (Å²) < 4.78 is 4.76. The van der Waals surface area contributed by atoms with E-state index < -0.39 is 35.6 Å². The van der Waals surface area contributed by atoms with Crippen LogP contribution in [0.25, 0.3) is 0 Å². The van der Waals surface area contributed by atoms with Crippen LogP contribution in [0.2, 0.25) is 0 Å². The first-order valence-corrected chi connectivity index (χ1v) is 5.78. The highest BCUT2D eigenvalue weighted by Crippen LogP contribution is 2.40. The maximum atomic E-state index is 11.6. The molecule has 18 heavy (non-hydrogen) atoms. The van der Waals surface area contributed by atoms with Gasteiger partial charge in [0.2, 0.25) is 0 Å². The van der Waals surface area contributed by atoms with Crippen LogP contribution in [0.1, 0.15) is 26.2 Å². The van der Waals surface area contributed by atoms with Gasteiger partial charge < -0.3 is 9.57 Å². The standard InChI is InChI=1S/C11H13NO6/c1-2-17-10(15)6-5-7(6)11(16)18-12-8(13)3-4-9(12)14/h6-7H,2-5H2,1H3/t6-,7-/m1/s1. The van der Waals surface area contributed by atoms with Gasteiger partial charge in [0.25, 0.3) is 11.8 Å². The van der Waals surface area contributed by atoms with Gasteiger partial charge in [-0.25, -0.2) is 4.79 Å². The zero-order valence-corrected chi connectivity index (χ0v) is 9.88. The van der Waals surface area contributed by atoms with Crippen LogP contribution < -0.4 is 0 Å². The zero-order chi connectivity index (χ0) is 13.3. The molecule has 1 aliphatic carbocycles. The van der Waals surface area contributed by atoms with Crippen LogP contribution in [0.4, 0.5) is 0 Å². The average molecular weight is 255 g/mol. The van der Waals surface area contributed by atoms with Crippen LogP contribution >= 0.6 is 0 Å². The molecule has 1 saturated carbocycles. The third-order valence-corrected chi connectivity index (χ3v) is 2.87. The van der Waals surface area contributed by atoms with Crippen molar-refractivity contribution in [3.05, 3.63) is 0 Å². The number of nitrogens with zero attached hydrogens (tertiary/aromatic N) is 1. The highest BCUT2D eigenvalue weighted by Gasteiger charge is 2.52. The van der Waals surface area contributed by atoms with Crippen molar-refractivity contribution < 1.29 is 28.8 Å². The lowest BCUT2D eigenvalue weighted by atomic mass is 10.3. The van der Waals surface area contributed by atoms with E-state index in [0.29, 0.717) is 11.5 Å². The zero-order valence-electron chi connectivity index (χ0n) is 9.88. The number of ether oxygens (including phenoxy) is 1. The monoisotopic (exact) mass is 255 g/mol. The summed E-state index contributed by atoms with van der Waals surface area (Å²) in [5.41, 5.74) is 0. The minimum Gasteiger partial charge on any atom is -0.466 e. The fraction of sp³-hybridized carbons (Fsp3) is 0.636. The Labute approximate surface area is 103 Å². The van der Waals surface area contributed by atoms with Crippen molar-refractivity contribution in [2.24, 2.45) is 11.8 Å². The van der Waals surface area contributed by atoms with E-state index in [0.717, 1.165) is 0 Å². The largest absolute Gasteiger partial charge is 0.466 e. The molecule has 1 saturated heterocycles. The second kappa shape index (κ2) is 4.75. The fourth-order valence-corrected chi connectivity index (χ4v) is 1.78. The number of rotatable bonds is 4. The third kappa shape index (κ3) is 2.34. The predicted molar refractivity (Wildman–Crippen MR) is 55.4 cm³/mol. The van der Waals surface area contributed by atoms with Gasteiger partial charge in [0, 0.05) is 12.8 Å². The van der Waals surface area contributed by atoms with Crippen LogP contribution in [-0.2, 0) is 28.8 Å². The molecule has 0 aromatic heterocycles. The first-order chi connectivity index (χ1) is 8.54. The van der Waals surface area contributed by atoms with E-state index in [1.807, 2.05) is 0 Å². The number of carbonyl (C=O) groups is 4. The van der Waals surface area contributed by atoms with E-state index in [4.69, 9.17) is 9.57 Å². The Bertz CT molecular complexity index is 402. The van der Waals surface area contributed by atoms with E-state index in [1.54, 1.807) is 6.92 Å². The molecule has 0 aromatic rings. The Hall–Kier alpha value is -1.92. The number of hydrogen-bond donors (Lipinski definition) is 0. The molecule has 2 fully saturated rings. The number of carbonyl (C=O) groups excluding carboxylic acids is 4. The van der Waals surface area contributed by atoms with Crippen molar-refractivity contribution in [3.63, 3.8) is 0 Å². The Balaban J connectivity index is 1.85. The number of hydrogen-bond acceptors (Lipinski definition) is 6. The molecule has 0 bridgehead atoms. The molecule has 1 aliphatic heterocycles. The van der Waals surface area contributed by atoms with Gasteiger partial charge in [-0.05, 0) is 13.3 Å². The summed E-state index contributed by atoms with van der Waals surface area (Å²) >= 11 is 0. The van der Waals surface area contributed by atoms with Crippen LogP contribution in [0, 0.1) is 11.8 Å². The molecule has 0 N–H and O–H groups in total. The van der Waals surface area contributed by atoms with Gasteiger partial charge in [0.1, 0.15) is 0 Å². The average Bonchev–Trinajstić information content (AvgIpc) is 3.07. The summed E-state index contributed by atoms with van der Waals surface area (Å²) in [5, 5.41) is 0.489. The van der Waals surface area contributed by atoms with Gasteiger partial charge in [-0.3, -0.25) is 14.4 Å². The number of amides is 2. The van der Waals surface area contributed by atoms with Gasteiger partial charge >= 0.3 is 11.9 Å². The van der Waals surface area contributed by atoms with Crippen LogP contribution in [0.5, 0.6) is 0 Å². The molecule has 0 aromatic carbocycles. The van der Waals surface area contributed by atoms with Gasteiger partial charge in [-0.2, -0.15) is 0 Å². The number of hydroxylamine groups is 2. The van der Waals surface area contributed by atoms with Gasteiger partial charge in [0.15, 0.2) is 0 Å². The molecule has 7 heteroatoms. The summed E-state index contributed by atoms with van der Waals surface area (Å²) in [6, 6.07) is 0. The number of esters is 1. The fourth-order valence-electron chi connectivity index (χ4n) is 1.78. The molecule has 7 nitrogen and oxygen atoms in total. The molecule has 1 heterocycles. The van der Waals surface area contributed by atoms with E-state index in [2.05, 4.69) is 0 Å². The van der Waals surface area contributed by atoms with E-state index >= 15 is 0 Å². The molecule has 0 radical (unpaired) electrons. The quantitative estimate of drug-likeness (QED) is 0.510. The molecular weight excluding hydrogens is 242 g/mol. The van der Waals surface area contributed by atoms with E-state index in [9.17, 15) is 19.2 Å². The molecule has 0 spiro atoms. The van der Waals surface area contributed by atoms with Crippen LogP contribution in [0.15, 0.2) is 0 Å². The molecule has 2 amide bonds. The first kappa shape index (κ1) is 12.5. The summed E-state index contributed by atoms with van der Waals surface area (Å²) in [6.45, 7) is 1.93. The third-order valence-electron chi connectivity index (χ3n) is 2.87. The summed E-state index contributed by atoms with van der Waals surface area (Å²) in [4.78, 5) is 50.0. The van der Waals surface area contributed by atoms with Crippen molar-refractivity contribution in [1.29, 1.82) is 0 Å². The van der Waals surface area contributed by atoms with Gasteiger partial charge in [-0.1, -0.05) is 0 Å². The minimum atomic E-state index is -0.725. The lowest BCUT2D eigenvalue weighted by Gasteiger charge is -2.12. The predicted octanol–water partition coefficient (Wildman–Crippen LogP) is -0.207. The normalized spacial score (nSPS) is 26.2. The molecule has 98 valence electrons. The molecular formula is C11H13NO6. The molecule has 0 unspecified atom stereocenters. The number of imide groups is 1. The SMILES string of the molecule is CCOC(=O)[C@@H]1C[C@H]1C(=O)ON1C(=O)CCC1=O. The van der Waals surface area contributed by atoms with Gasteiger partial charge in [0.05, 0.1) is 18.4 Å². The van der Waals surface area contributed by atoms with Gasteiger partial charge in [-0.15, -0.1) is 5.06 Å². The highest BCUT2D eigenvalue weighted by molar-refractivity contribution is 6.02. The maximum absolute atomic E-state index is 11.6. The van der Waals surface area contributed by atoms with Crippen LogP contribution in [-0.4, -0.2) is 35.4 Å². The molecule has 2 atom stereocenters. The lowest BCUT2D eigenvalue weighted by molar-refractivity contribution is -0.198. The Morgan fingerprint density at radius 1 is 1.17 bits per heavy atom. The Morgan fingerprint density at radius 3 is 2.28 bits per heavy atom. The van der Waals surface area contributed by atoms with Crippen molar-refractivity contribution in [2.45, 2.75) is 26.2 Å². The van der Waals surface area contributed by atoms with E-state index in [-0.39, 0.29) is 19.4 Å². The molecule has 2 aliphatic rings. The summed E-state index contributed by atoms with van der Waals surface area (Å²) in [6.07, 6.45) is 0.448. The second-order valence-electron chi connectivity index (χ2n) is 4.19. The maximum Gasteiger partial charge on any atom is 0.337 e.